The van der Waals surface area contributed by atoms with Crippen molar-refractivity contribution < 1.29 is 34.6 Å². The summed E-state index contributed by atoms with van der Waals surface area (Å²) in [5.74, 6) is 0. The van der Waals surface area contributed by atoms with Crippen LogP contribution in [0.2, 0.25) is 0 Å². The van der Waals surface area contributed by atoms with Crippen molar-refractivity contribution in [1.82, 2.24) is 10.6 Å². The first-order chi connectivity index (χ1) is 10.5. The Labute approximate surface area is 134 Å². The molecule has 0 saturated carbocycles. The molecular formula is C12H24N2O7S. The number of nitrogens with one attached hydrogen (secondary N) is 2. The van der Waals surface area contributed by atoms with Gasteiger partial charge < -0.3 is 45.3 Å². The van der Waals surface area contributed by atoms with E-state index < -0.39 is 37.3 Å². The van der Waals surface area contributed by atoms with Gasteiger partial charge in [0.05, 0.1) is 26.4 Å². The molecule has 1 saturated heterocycles. The monoisotopic (exact) mass is 340 g/mol. The van der Waals surface area contributed by atoms with Crippen LogP contribution in [0.5, 0.6) is 0 Å². The van der Waals surface area contributed by atoms with Crippen molar-refractivity contribution in [3.05, 3.63) is 0 Å². The topological polar surface area (TPSA) is 133 Å². The van der Waals surface area contributed by atoms with E-state index in [-0.39, 0.29) is 13.2 Å². The molecule has 1 aliphatic heterocycles. The highest BCUT2D eigenvalue weighted by molar-refractivity contribution is 7.80. The zero-order valence-corrected chi connectivity index (χ0v) is 13.2. The van der Waals surface area contributed by atoms with Gasteiger partial charge in [0.15, 0.2) is 11.4 Å². The van der Waals surface area contributed by atoms with Crippen molar-refractivity contribution >= 4 is 17.3 Å². The van der Waals surface area contributed by atoms with Gasteiger partial charge in [0.1, 0.15) is 24.4 Å². The van der Waals surface area contributed by atoms with Crippen LogP contribution in [-0.4, -0.2) is 96.3 Å². The second kappa shape index (κ2) is 10.2. The Morgan fingerprint density at radius 2 is 1.86 bits per heavy atom. The summed E-state index contributed by atoms with van der Waals surface area (Å²) < 4.78 is 15.7. The van der Waals surface area contributed by atoms with Crippen molar-refractivity contribution in [2.75, 3.05) is 40.0 Å². The van der Waals surface area contributed by atoms with Crippen molar-refractivity contribution in [2.45, 2.75) is 30.7 Å². The number of thiocarbonyl (C=S) groups is 1. The molecule has 0 amide bonds. The van der Waals surface area contributed by atoms with Crippen LogP contribution < -0.4 is 10.6 Å². The summed E-state index contributed by atoms with van der Waals surface area (Å²) in [4.78, 5) is 0. The Hall–Kier alpha value is -0.590. The van der Waals surface area contributed by atoms with E-state index in [2.05, 4.69) is 10.6 Å². The Bertz CT molecular complexity index is 335. The van der Waals surface area contributed by atoms with Gasteiger partial charge in [0.25, 0.3) is 0 Å². The highest BCUT2D eigenvalue weighted by Gasteiger charge is 2.43. The van der Waals surface area contributed by atoms with Crippen LogP contribution in [0.25, 0.3) is 0 Å². The molecule has 0 aromatic rings. The quantitative estimate of drug-likeness (QED) is 0.199. The van der Waals surface area contributed by atoms with Gasteiger partial charge in [-0.25, -0.2) is 0 Å². The van der Waals surface area contributed by atoms with Gasteiger partial charge >= 0.3 is 0 Å². The fourth-order valence-corrected chi connectivity index (χ4v) is 1.96. The van der Waals surface area contributed by atoms with E-state index in [9.17, 15) is 15.3 Å². The summed E-state index contributed by atoms with van der Waals surface area (Å²) in [6.45, 7) is 0.847. The molecule has 1 aliphatic rings. The maximum absolute atomic E-state index is 9.74. The molecule has 0 spiro atoms. The summed E-state index contributed by atoms with van der Waals surface area (Å²) in [6.07, 6.45) is -6.33. The van der Waals surface area contributed by atoms with Gasteiger partial charge in [0, 0.05) is 13.6 Å². The van der Waals surface area contributed by atoms with Crippen LogP contribution >= 0.6 is 12.2 Å². The molecular weight excluding hydrogens is 316 g/mol. The minimum absolute atomic E-state index is 0.124. The van der Waals surface area contributed by atoms with Gasteiger partial charge in [-0.1, -0.05) is 0 Å². The predicted molar refractivity (Wildman–Crippen MR) is 80.2 cm³/mol. The summed E-state index contributed by atoms with van der Waals surface area (Å²) in [6, 6.07) is 0. The van der Waals surface area contributed by atoms with Gasteiger partial charge in [-0.3, -0.25) is 0 Å². The lowest BCUT2D eigenvalue weighted by atomic mass is 9.99. The van der Waals surface area contributed by atoms with Crippen LogP contribution in [0.1, 0.15) is 0 Å². The molecule has 6 N–H and O–H groups in total. The van der Waals surface area contributed by atoms with Crippen molar-refractivity contribution in [3.63, 3.8) is 0 Å². The standard InChI is InChI=1S/C12H24N2O7S/c1-13-12(22)14-2-3-19-4-5-20-11-10(18)9(17)8(16)7(6-15)21-11/h7-11,15-18H,2-6H2,1H3,(H2,13,14,22). The van der Waals surface area contributed by atoms with Crippen LogP contribution in [0, 0.1) is 0 Å². The van der Waals surface area contributed by atoms with Gasteiger partial charge in [-0.15, -0.1) is 0 Å². The fourth-order valence-electron chi connectivity index (χ4n) is 1.86. The molecule has 0 aromatic carbocycles. The van der Waals surface area contributed by atoms with Crippen LogP contribution in [-0.2, 0) is 14.2 Å². The molecule has 22 heavy (non-hydrogen) atoms. The van der Waals surface area contributed by atoms with E-state index in [1.165, 1.54) is 0 Å². The molecule has 130 valence electrons. The largest absolute Gasteiger partial charge is 0.394 e. The second-order valence-corrected chi connectivity index (χ2v) is 5.09. The first-order valence-electron chi connectivity index (χ1n) is 6.96. The third-order valence-corrected chi connectivity index (χ3v) is 3.47. The van der Waals surface area contributed by atoms with Gasteiger partial charge in [-0.05, 0) is 12.2 Å². The van der Waals surface area contributed by atoms with Crippen LogP contribution in [0.4, 0.5) is 0 Å². The number of aliphatic hydroxyl groups excluding tert-OH is 4. The third-order valence-electron chi connectivity index (χ3n) is 3.12. The van der Waals surface area contributed by atoms with Crippen molar-refractivity contribution in [1.29, 1.82) is 0 Å². The first kappa shape index (κ1) is 19.5. The third kappa shape index (κ3) is 5.89. The lowest BCUT2D eigenvalue weighted by Crippen LogP contribution is -2.59. The zero-order valence-electron chi connectivity index (χ0n) is 12.3. The smallest absolute Gasteiger partial charge is 0.186 e. The highest BCUT2D eigenvalue weighted by Crippen LogP contribution is 2.21. The van der Waals surface area contributed by atoms with Gasteiger partial charge in [-0.2, -0.15) is 0 Å². The van der Waals surface area contributed by atoms with E-state index >= 15 is 0 Å². The van der Waals surface area contributed by atoms with Gasteiger partial charge in [0.2, 0.25) is 0 Å². The molecule has 1 heterocycles. The minimum atomic E-state index is -1.44. The molecule has 5 unspecified atom stereocenters. The highest BCUT2D eigenvalue weighted by atomic mass is 32.1. The number of hydrogen-bond donors (Lipinski definition) is 6. The van der Waals surface area contributed by atoms with Crippen molar-refractivity contribution in [2.24, 2.45) is 0 Å². The predicted octanol–water partition coefficient (Wildman–Crippen LogP) is -3.09. The second-order valence-electron chi connectivity index (χ2n) is 4.69. The SMILES string of the molecule is CNC(=S)NCCOCCOC1OC(CO)C(O)C(O)C1O. The summed E-state index contributed by atoms with van der Waals surface area (Å²) in [5.41, 5.74) is 0. The number of aliphatic hydroxyl groups is 4. The van der Waals surface area contributed by atoms with Crippen LogP contribution in [0.15, 0.2) is 0 Å². The molecule has 0 aliphatic carbocycles. The Morgan fingerprint density at radius 1 is 1.14 bits per heavy atom. The molecule has 1 fully saturated rings. The normalized spacial score (nSPS) is 31.8. The molecule has 10 heteroatoms. The lowest BCUT2D eigenvalue weighted by Gasteiger charge is -2.39. The molecule has 0 bridgehead atoms. The molecule has 5 atom stereocenters. The maximum Gasteiger partial charge on any atom is 0.186 e. The molecule has 0 radical (unpaired) electrons. The van der Waals surface area contributed by atoms with Crippen molar-refractivity contribution in [3.8, 4) is 0 Å². The van der Waals surface area contributed by atoms with E-state index in [0.29, 0.717) is 18.3 Å². The lowest BCUT2D eigenvalue weighted by molar-refractivity contribution is -0.302. The Kier molecular flexibility index (Phi) is 9.05. The first-order valence-corrected chi connectivity index (χ1v) is 7.37. The zero-order chi connectivity index (χ0) is 16.5. The molecule has 9 nitrogen and oxygen atoms in total. The maximum atomic E-state index is 9.74. The molecule has 1 rings (SSSR count). The fraction of sp³-hybridized carbons (Fsp3) is 0.917. The minimum Gasteiger partial charge on any atom is -0.394 e. The summed E-state index contributed by atoms with van der Waals surface area (Å²) >= 11 is 4.89. The van der Waals surface area contributed by atoms with E-state index in [1.807, 2.05) is 0 Å². The number of hydrogen-bond acceptors (Lipinski definition) is 8. The molecule has 0 aromatic heterocycles. The summed E-state index contributed by atoms with van der Waals surface area (Å²) in [7, 11) is 1.71. The number of ether oxygens (including phenoxy) is 3. The summed E-state index contributed by atoms with van der Waals surface area (Å²) in [5, 5.41) is 44.2. The van der Waals surface area contributed by atoms with E-state index in [0.717, 1.165) is 0 Å². The number of rotatable bonds is 8. The van der Waals surface area contributed by atoms with Crippen LogP contribution in [0.3, 0.4) is 0 Å². The van der Waals surface area contributed by atoms with E-state index in [4.69, 9.17) is 31.5 Å². The average molecular weight is 340 g/mol. The van der Waals surface area contributed by atoms with E-state index in [1.54, 1.807) is 7.05 Å². The Morgan fingerprint density at radius 3 is 2.50 bits per heavy atom. The average Bonchev–Trinajstić information content (AvgIpc) is 2.53. The Balaban J connectivity index is 2.17.